The van der Waals surface area contributed by atoms with Crippen LogP contribution in [0.5, 0.6) is 0 Å². The second kappa shape index (κ2) is 8.16. The molecule has 1 fully saturated rings. The molecule has 18 heavy (non-hydrogen) atoms. The van der Waals surface area contributed by atoms with E-state index in [1.165, 1.54) is 51.4 Å². The first kappa shape index (κ1) is 16.0. The third-order valence-electron chi connectivity index (χ3n) is 4.66. The van der Waals surface area contributed by atoms with Crippen molar-refractivity contribution in [3.8, 4) is 0 Å². The molecule has 0 aromatic rings. The highest BCUT2D eigenvalue weighted by Gasteiger charge is 2.41. The largest absolute Gasteiger partial charge is 0.377 e. The minimum atomic E-state index is 0.0844. The number of ether oxygens (including phenoxy) is 1. The van der Waals surface area contributed by atoms with Crippen molar-refractivity contribution in [3.05, 3.63) is 0 Å². The Balaban J connectivity index is 2.82. The van der Waals surface area contributed by atoms with Gasteiger partial charge in [0.1, 0.15) is 0 Å². The van der Waals surface area contributed by atoms with Crippen LogP contribution in [0.15, 0.2) is 0 Å². The molecule has 1 aliphatic carbocycles. The SMILES string of the molecule is CCCC(C)C(NCC)C1(OC)CCCCCC1. The van der Waals surface area contributed by atoms with E-state index in [1.54, 1.807) is 0 Å². The average Bonchev–Trinajstić information content (AvgIpc) is 2.62. The normalized spacial score (nSPS) is 23.3. The van der Waals surface area contributed by atoms with Crippen LogP contribution < -0.4 is 5.32 Å². The Hall–Kier alpha value is -0.0800. The number of methoxy groups -OCH3 is 1. The molecule has 0 saturated heterocycles. The zero-order valence-electron chi connectivity index (χ0n) is 12.9. The lowest BCUT2D eigenvalue weighted by atomic mass is 9.78. The third kappa shape index (κ3) is 3.96. The van der Waals surface area contributed by atoms with E-state index in [1.807, 2.05) is 7.11 Å². The van der Waals surface area contributed by atoms with Gasteiger partial charge in [-0.3, -0.25) is 0 Å². The Morgan fingerprint density at radius 3 is 2.17 bits per heavy atom. The van der Waals surface area contributed by atoms with Gasteiger partial charge in [-0.1, -0.05) is 52.9 Å². The van der Waals surface area contributed by atoms with Crippen LogP contribution in [-0.2, 0) is 4.74 Å². The molecule has 1 aliphatic rings. The number of hydrogen-bond acceptors (Lipinski definition) is 2. The van der Waals surface area contributed by atoms with Crippen LogP contribution in [0.3, 0.4) is 0 Å². The Morgan fingerprint density at radius 1 is 1.11 bits per heavy atom. The molecule has 0 aromatic carbocycles. The van der Waals surface area contributed by atoms with Crippen LogP contribution in [0, 0.1) is 5.92 Å². The van der Waals surface area contributed by atoms with E-state index >= 15 is 0 Å². The van der Waals surface area contributed by atoms with E-state index in [4.69, 9.17) is 4.74 Å². The quantitative estimate of drug-likeness (QED) is 0.690. The molecule has 0 radical (unpaired) electrons. The van der Waals surface area contributed by atoms with Gasteiger partial charge in [-0.05, 0) is 31.7 Å². The molecule has 2 unspecified atom stereocenters. The first-order valence-corrected chi connectivity index (χ1v) is 7.98. The predicted molar refractivity (Wildman–Crippen MR) is 79.0 cm³/mol. The van der Waals surface area contributed by atoms with Crippen molar-refractivity contribution in [3.63, 3.8) is 0 Å². The van der Waals surface area contributed by atoms with Gasteiger partial charge in [0.15, 0.2) is 0 Å². The molecule has 2 atom stereocenters. The second-order valence-electron chi connectivity index (χ2n) is 5.98. The Morgan fingerprint density at radius 2 is 1.72 bits per heavy atom. The summed E-state index contributed by atoms with van der Waals surface area (Å²) >= 11 is 0. The van der Waals surface area contributed by atoms with Crippen LogP contribution in [0.1, 0.15) is 72.1 Å². The summed E-state index contributed by atoms with van der Waals surface area (Å²) in [6.45, 7) is 7.93. The molecule has 108 valence electrons. The molecule has 1 N–H and O–H groups in total. The van der Waals surface area contributed by atoms with Gasteiger partial charge in [-0.15, -0.1) is 0 Å². The van der Waals surface area contributed by atoms with Crippen molar-refractivity contribution in [1.82, 2.24) is 5.32 Å². The van der Waals surface area contributed by atoms with Gasteiger partial charge in [0.25, 0.3) is 0 Å². The first-order chi connectivity index (χ1) is 8.70. The van der Waals surface area contributed by atoms with Gasteiger partial charge in [0.05, 0.1) is 5.60 Å². The summed E-state index contributed by atoms with van der Waals surface area (Å²) in [4.78, 5) is 0. The Bertz CT molecular complexity index is 209. The smallest absolute Gasteiger partial charge is 0.0833 e. The average molecular weight is 255 g/mol. The minimum Gasteiger partial charge on any atom is -0.377 e. The standard InChI is InChI=1S/C16H33NO/c1-5-11-14(3)15(17-6-2)16(18-4)12-9-7-8-10-13-16/h14-15,17H,5-13H2,1-4H3. The van der Waals surface area contributed by atoms with Crippen LogP contribution in [0.4, 0.5) is 0 Å². The molecule has 0 amide bonds. The van der Waals surface area contributed by atoms with Crippen molar-refractivity contribution >= 4 is 0 Å². The molecular weight excluding hydrogens is 222 g/mol. The molecule has 0 aromatic heterocycles. The minimum absolute atomic E-state index is 0.0844. The van der Waals surface area contributed by atoms with Gasteiger partial charge in [-0.25, -0.2) is 0 Å². The van der Waals surface area contributed by atoms with Gasteiger partial charge < -0.3 is 10.1 Å². The van der Waals surface area contributed by atoms with Crippen LogP contribution in [0.2, 0.25) is 0 Å². The van der Waals surface area contributed by atoms with E-state index in [0.717, 1.165) is 6.54 Å². The summed E-state index contributed by atoms with van der Waals surface area (Å²) in [6.07, 6.45) is 10.4. The molecule has 0 heterocycles. The van der Waals surface area contributed by atoms with E-state index in [0.29, 0.717) is 12.0 Å². The summed E-state index contributed by atoms with van der Waals surface area (Å²) in [5.74, 6) is 0.702. The van der Waals surface area contributed by atoms with Gasteiger partial charge >= 0.3 is 0 Å². The highest BCUT2D eigenvalue weighted by Crippen LogP contribution is 2.36. The summed E-state index contributed by atoms with van der Waals surface area (Å²) in [7, 11) is 1.92. The van der Waals surface area contributed by atoms with Crippen molar-refractivity contribution in [2.24, 2.45) is 5.92 Å². The van der Waals surface area contributed by atoms with Crippen molar-refractivity contribution in [2.45, 2.75) is 83.8 Å². The summed E-state index contributed by atoms with van der Waals surface area (Å²) in [5.41, 5.74) is 0.0844. The van der Waals surface area contributed by atoms with Gasteiger partial charge in [0.2, 0.25) is 0 Å². The van der Waals surface area contributed by atoms with Gasteiger partial charge in [-0.2, -0.15) is 0 Å². The molecular formula is C16H33NO. The Kier molecular flexibility index (Phi) is 7.25. The fourth-order valence-corrected chi connectivity index (χ4v) is 3.72. The maximum Gasteiger partial charge on any atom is 0.0833 e. The maximum atomic E-state index is 6.08. The lowest BCUT2D eigenvalue weighted by molar-refractivity contribution is -0.0666. The van der Waals surface area contributed by atoms with Crippen molar-refractivity contribution in [1.29, 1.82) is 0 Å². The number of likely N-dealkylation sites (N-methyl/N-ethyl adjacent to an activating group) is 1. The molecule has 1 rings (SSSR count). The molecule has 1 saturated carbocycles. The van der Waals surface area contributed by atoms with Crippen molar-refractivity contribution in [2.75, 3.05) is 13.7 Å². The zero-order valence-corrected chi connectivity index (χ0v) is 12.9. The lowest BCUT2D eigenvalue weighted by Gasteiger charge is -2.43. The van der Waals surface area contributed by atoms with E-state index < -0.39 is 0 Å². The summed E-state index contributed by atoms with van der Waals surface area (Å²) in [6, 6.07) is 0.519. The number of nitrogens with one attached hydrogen (secondary N) is 1. The lowest BCUT2D eigenvalue weighted by Crippen LogP contribution is -2.55. The molecule has 2 heteroatoms. The van der Waals surface area contributed by atoms with E-state index in [2.05, 4.69) is 26.1 Å². The molecule has 0 spiro atoms. The van der Waals surface area contributed by atoms with Crippen molar-refractivity contribution < 1.29 is 4.74 Å². The molecule has 0 aliphatic heterocycles. The number of hydrogen-bond donors (Lipinski definition) is 1. The van der Waals surface area contributed by atoms with Gasteiger partial charge in [0, 0.05) is 13.2 Å². The predicted octanol–water partition coefficient (Wildman–Crippen LogP) is 4.14. The third-order valence-corrected chi connectivity index (χ3v) is 4.66. The molecule has 2 nitrogen and oxygen atoms in total. The monoisotopic (exact) mass is 255 g/mol. The topological polar surface area (TPSA) is 21.3 Å². The van der Waals surface area contributed by atoms with E-state index in [9.17, 15) is 0 Å². The van der Waals surface area contributed by atoms with Crippen LogP contribution in [-0.4, -0.2) is 25.3 Å². The highest BCUT2D eigenvalue weighted by molar-refractivity contribution is 4.96. The number of rotatable bonds is 7. The van der Waals surface area contributed by atoms with Crippen LogP contribution in [0.25, 0.3) is 0 Å². The first-order valence-electron chi connectivity index (χ1n) is 7.98. The van der Waals surface area contributed by atoms with Crippen LogP contribution >= 0.6 is 0 Å². The van der Waals surface area contributed by atoms with E-state index in [-0.39, 0.29) is 5.60 Å². The second-order valence-corrected chi connectivity index (χ2v) is 5.98. The highest BCUT2D eigenvalue weighted by atomic mass is 16.5. The fraction of sp³-hybridized carbons (Fsp3) is 1.00. The fourth-order valence-electron chi connectivity index (χ4n) is 3.72. The summed E-state index contributed by atoms with van der Waals surface area (Å²) < 4.78 is 6.08. The summed E-state index contributed by atoms with van der Waals surface area (Å²) in [5, 5.41) is 3.73. The zero-order chi connectivity index (χ0) is 13.4. The molecule has 0 bridgehead atoms. The maximum absolute atomic E-state index is 6.08. The Labute approximate surface area is 114 Å².